The van der Waals surface area contributed by atoms with Gasteiger partial charge in [0.25, 0.3) is 5.56 Å². The summed E-state index contributed by atoms with van der Waals surface area (Å²) in [4.78, 5) is 17.4. The minimum Gasteiger partial charge on any atom is -0.395 e. The van der Waals surface area contributed by atoms with E-state index in [4.69, 9.17) is 12.2 Å². The van der Waals surface area contributed by atoms with Gasteiger partial charge < -0.3 is 20.3 Å². The molecule has 0 amide bonds. The lowest BCUT2D eigenvalue weighted by Gasteiger charge is -2.25. The van der Waals surface area contributed by atoms with Gasteiger partial charge in [-0.15, -0.1) is 0 Å². The molecule has 5 nitrogen and oxygen atoms in total. The molecule has 3 rings (SSSR count). The number of aliphatic hydroxyl groups excluding tert-OH is 1. The van der Waals surface area contributed by atoms with Gasteiger partial charge in [-0.05, 0) is 54.7 Å². The molecular weight excluding hydrogens is 370 g/mol. The molecule has 28 heavy (non-hydrogen) atoms. The van der Waals surface area contributed by atoms with Crippen LogP contribution in [0.4, 0.5) is 0 Å². The molecule has 0 saturated heterocycles. The zero-order chi connectivity index (χ0) is 20.1. The minimum atomic E-state index is -0.131. The molecule has 0 aliphatic rings. The number of hydrogen-bond donors (Lipinski definition) is 3. The van der Waals surface area contributed by atoms with Gasteiger partial charge in [0.2, 0.25) is 0 Å². The first-order chi connectivity index (χ1) is 13.5. The lowest BCUT2D eigenvalue weighted by Crippen LogP contribution is -2.41. The Hall–Kier alpha value is -2.70. The van der Waals surface area contributed by atoms with Crippen molar-refractivity contribution >= 4 is 28.2 Å². The first-order valence-electron chi connectivity index (χ1n) is 9.28. The topological polar surface area (TPSA) is 68.4 Å². The maximum Gasteiger partial charge on any atom is 0.253 e. The fraction of sp³-hybridized carbons (Fsp3) is 0.273. The third kappa shape index (κ3) is 4.77. The molecule has 0 radical (unpaired) electrons. The molecule has 0 atom stereocenters. The van der Waals surface area contributed by atoms with Crippen LogP contribution in [0.25, 0.3) is 10.9 Å². The van der Waals surface area contributed by atoms with Crippen molar-refractivity contribution in [2.45, 2.75) is 26.9 Å². The van der Waals surface area contributed by atoms with Gasteiger partial charge in [0.15, 0.2) is 5.11 Å². The van der Waals surface area contributed by atoms with Crippen molar-refractivity contribution in [3.8, 4) is 0 Å². The van der Waals surface area contributed by atoms with E-state index in [1.165, 1.54) is 0 Å². The van der Waals surface area contributed by atoms with E-state index in [2.05, 4.69) is 22.4 Å². The number of aliphatic hydroxyl groups is 1. The number of aryl methyl sites for hydroxylation is 2. The molecule has 3 N–H and O–H groups in total. The SMILES string of the molecule is Cc1cc(C)c2[nH]c(=O)c(CN(CCO)C(=S)NCc3ccccc3)cc2c1. The van der Waals surface area contributed by atoms with Crippen LogP contribution < -0.4 is 10.9 Å². The van der Waals surface area contributed by atoms with Crippen LogP contribution >= 0.6 is 12.2 Å². The molecule has 146 valence electrons. The highest BCUT2D eigenvalue weighted by atomic mass is 32.1. The summed E-state index contributed by atoms with van der Waals surface area (Å²) in [5, 5.41) is 14.2. The number of aromatic nitrogens is 1. The van der Waals surface area contributed by atoms with Crippen LogP contribution in [0.5, 0.6) is 0 Å². The Morgan fingerprint density at radius 2 is 1.93 bits per heavy atom. The summed E-state index contributed by atoms with van der Waals surface area (Å²) in [5.41, 5.74) is 4.66. The molecule has 0 fully saturated rings. The second kappa shape index (κ2) is 8.99. The number of nitrogens with one attached hydrogen (secondary N) is 2. The monoisotopic (exact) mass is 395 g/mol. The van der Waals surface area contributed by atoms with Crippen molar-refractivity contribution in [2.24, 2.45) is 0 Å². The quantitative estimate of drug-likeness (QED) is 0.560. The first kappa shape index (κ1) is 20.0. The van der Waals surface area contributed by atoms with Crippen LogP contribution in [0.2, 0.25) is 0 Å². The summed E-state index contributed by atoms with van der Waals surface area (Å²) in [7, 11) is 0. The molecule has 1 aromatic heterocycles. The maximum atomic E-state index is 12.6. The van der Waals surface area contributed by atoms with Crippen molar-refractivity contribution < 1.29 is 5.11 Å². The van der Waals surface area contributed by atoms with E-state index in [-0.39, 0.29) is 12.2 Å². The fourth-order valence-electron chi connectivity index (χ4n) is 3.31. The third-order valence-electron chi connectivity index (χ3n) is 4.68. The summed E-state index contributed by atoms with van der Waals surface area (Å²) in [6.07, 6.45) is 0. The van der Waals surface area contributed by atoms with Crippen LogP contribution in [0.15, 0.2) is 53.3 Å². The third-order valence-corrected chi connectivity index (χ3v) is 5.08. The predicted octanol–water partition coefficient (Wildman–Crippen LogP) is 3.01. The van der Waals surface area contributed by atoms with Gasteiger partial charge in [0, 0.05) is 18.7 Å². The van der Waals surface area contributed by atoms with Crippen LogP contribution in [-0.2, 0) is 13.1 Å². The number of rotatable bonds is 6. The van der Waals surface area contributed by atoms with Gasteiger partial charge in [0.1, 0.15) is 0 Å². The van der Waals surface area contributed by atoms with Crippen molar-refractivity contribution in [3.05, 3.63) is 81.1 Å². The van der Waals surface area contributed by atoms with E-state index in [0.29, 0.717) is 30.3 Å². The Bertz CT molecular complexity index is 1030. The van der Waals surface area contributed by atoms with Crippen LogP contribution in [0.3, 0.4) is 0 Å². The van der Waals surface area contributed by atoms with E-state index in [9.17, 15) is 9.90 Å². The summed E-state index contributed by atoms with van der Waals surface area (Å²) >= 11 is 5.51. The average molecular weight is 396 g/mol. The van der Waals surface area contributed by atoms with Gasteiger partial charge in [-0.1, -0.05) is 42.0 Å². The number of benzene rings is 2. The van der Waals surface area contributed by atoms with E-state index >= 15 is 0 Å². The lowest BCUT2D eigenvalue weighted by molar-refractivity contribution is 0.245. The van der Waals surface area contributed by atoms with Crippen molar-refractivity contribution in [1.29, 1.82) is 0 Å². The van der Waals surface area contributed by atoms with Gasteiger partial charge in [-0.2, -0.15) is 0 Å². The van der Waals surface area contributed by atoms with Gasteiger partial charge in [-0.3, -0.25) is 4.79 Å². The molecule has 0 unspecified atom stereocenters. The molecule has 0 saturated carbocycles. The highest BCUT2D eigenvalue weighted by molar-refractivity contribution is 7.80. The van der Waals surface area contributed by atoms with Gasteiger partial charge in [-0.25, -0.2) is 0 Å². The molecule has 0 spiro atoms. The van der Waals surface area contributed by atoms with E-state index in [1.807, 2.05) is 55.1 Å². The van der Waals surface area contributed by atoms with Crippen molar-refractivity contribution in [1.82, 2.24) is 15.2 Å². The minimum absolute atomic E-state index is 0.0448. The predicted molar refractivity (Wildman–Crippen MR) is 117 cm³/mol. The smallest absolute Gasteiger partial charge is 0.253 e. The van der Waals surface area contributed by atoms with E-state index in [0.717, 1.165) is 27.6 Å². The van der Waals surface area contributed by atoms with Crippen LogP contribution in [0.1, 0.15) is 22.3 Å². The highest BCUT2D eigenvalue weighted by Gasteiger charge is 2.13. The Balaban J connectivity index is 1.80. The van der Waals surface area contributed by atoms with Crippen molar-refractivity contribution in [3.63, 3.8) is 0 Å². The van der Waals surface area contributed by atoms with Crippen LogP contribution in [-0.4, -0.2) is 33.3 Å². The zero-order valence-electron chi connectivity index (χ0n) is 16.2. The number of thiocarbonyl (C=S) groups is 1. The molecule has 2 aromatic carbocycles. The number of pyridine rings is 1. The summed E-state index contributed by atoms with van der Waals surface area (Å²) in [5.74, 6) is 0. The fourth-order valence-corrected chi connectivity index (χ4v) is 3.54. The van der Waals surface area contributed by atoms with E-state index < -0.39 is 0 Å². The maximum absolute atomic E-state index is 12.6. The van der Waals surface area contributed by atoms with Gasteiger partial charge in [0.05, 0.1) is 18.7 Å². The largest absolute Gasteiger partial charge is 0.395 e. The van der Waals surface area contributed by atoms with Gasteiger partial charge >= 0.3 is 0 Å². The zero-order valence-corrected chi connectivity index (χ0v) is 17.0. The number of hydrogen-bond acceptors (Lipinski definition) is 3. The summed E-state index contributed by atoms with van der Waals surface area (Å²) in [6.45, 7) is 5.26. The number of nitrogens with zero attached hydrogens (tertiary/aromatic N) is 1. The molecule has 0 aliphatic heterocycles. The molecule has 0 aliphatic carbocycles. The standard InChI is InChI=1S/C22H25N3O2S/c1-15-10-16(2)20-18(11-15)12-19(21(27)24-20)14-25(8-9-26)22(28)23-13-17-6-4-3-5-7-17/h3-7,10-12,26H,8-9,13-14H2,1-2H3,(H,23,28)(H,24,27). The Labute approximate surface area is 170 Å². The normalized spacial score (nSPS) is 10.8. The summed E-state index contributed by atoms with van der Waals surface area (Å²) in [6, 6.07) is 16.0. The Kier molecular flexibility index (Phi) is 6.44. The molecule has 1 heterocycles. The van der Waals surface area contributed by atoms with Crippen molar-refractivity contribution in [2.75, 3.05) is 13.2 Å². The second-order valence-corrected chi connectivity index (χ2v) is 7.35. The second-order valence-electron chi connectivity index (χ2n) is 6.96. The first-order valence-corrected chi connectivity index (χ1v) is 9.69. The number of aromatic amines is 1. The molecule has 3 aromatic rings. The van der Waals surface area contributed by atoms with Crippen LogP contribution in [0, 0.1) is 13.8 Å². The lowest BCUT2D eigenvalue weighted by atomic mass is 10.1. The molecule has 6 heteroatoms. The molecule has 0 bridgehead atoms. The Morgan fingerprint density at radius 3 is 2.64 bits per heavy atom. The average Bonchev–Trinajstić information content (AvgIpc) is 2.67. The molecular formula is C22H25N3O2S. The Morgan fingerprint density at radius 1 is 1.18 bits per heavy atom. The highest BCUT2D eigenvalue weighted by Crippen LogP contribution is 2.18. The number of H-pyrrole nitrogens is 1. The van der Waals surface area contributed by atoms with E-state index in [1.54, 1.807) is 0 Å². The number of fused-ring (bicyclic) bond motifs is 1. The summed E-state index contributed by atoms with van der Waals surface area (Å²) < 4.78 is 0.